The number of carbonyl (C=O) groups excluding carboxylic acids is 2. The van der Waals surface area contributed by atoms with Gasteiger partial charge in [0.25, 0.3) is 5.56 Å². The number of hydrogen-bond donors (Lipinski definition) is 1. The van der Waals surface area contributed by atoms with E-state index >= 15 is 0 Å². The van der Waals surface area contributed by atoms with Gasteiger partial charge in [0, 0.05) is 0 Å². The number of rotatable bonds is 5. The number of para-hydroxylation sites is 1. The van der Waals surface area contributed by atoms with Gasteiger partial charge in [0.1, 0.15) is 15.7 Å². The maximum absolute atomic E-state index is 13.2. The second kappa shape index (κ2) is 8.73. The molecule has 0 fully saturated rings. The Kier molecular flexibility index (Phi) is 6.40. The molecule has 1 N–H and O–H groups in total. The number of benzene rings is 1. The van der Waals surface area contributed by atoms with Crippen LogP contribution in [0.2, 0.25) is 0 Å². The quantitative estimate of drug-likeness (QED) is 0.556. The summed E-state index contributed by atoms with van der Waals surface area (Å²) in [5.41, 5.74) is -1.62. The smallest absolute Gasteiger partial charge is 0.418 e. The van der Waals surface area contributed by atoms with Crippen molar-refractivity contribution in [1.29, 1.82) is 0 Å². The minimum atomic E-state index is -4.65. The standard InChI is InChI=1S/C21H20F3N3O4S/c1-10(2)31-20(30)16-11(3)15-18(32-16)25-9-27(19(15)29)12(4)17(28)26-14-8-6-5-7-13(14)21(22,23)24/h5-10,12H,1-4H3,(H,26,28). The number of ether oxygens (including phenoxy) is 1. The maximum Gasteiger partial charge on any atom is 0.418 e. The molecule has 0 bridgehead atoms. The van der Waals surface area contributed by atoms with Crippen LogP contribution in [0.5, 0.6) is 0 Å². The zero-order valence-electron chi connectivity index (χ0n) is 17.6. The van der Waals surface area contributed by atoms with Crippen LogP contribution in [0.15, 0.2) is 35.4 Å². The Labute approximate surface area is 184 Å². The Balaban J connectivity index is 1.96. The number of aryl methyl sites for hydroxylation is 1. The van der Waals surface area contributed by atoms with Gasteiger partial charge < -0.3 is 10.1 Å². The number of fused-ring (bicyclic) bond motifs is 1. The lowest BCUT2D eigenvalue weighted by molar-refractivity contribution is -0.137. The van der Waals surface area contributed by atoms with Crippen LogP contribution in [0.1, 0.15) is 47.6 Å². The van der Waals surface area contributed by atoms with Gasteiger partial charge in [-0.2, -0.15) is 13.2 Å². The SMILES string of the molecule is Cc1c(C(=O)OC(C)C)sc2ncn(C(C)C(=O)Nc3ccccc3C(F)(F)F)c(=O)c12. The van der Waals surface area contributed by atoms with Gasteiger partial charge in [-0.25, -0.2) is 9.78 Å². The summed E-state index contributed by atoms with van der Waals surface area (Å²) in [4.78, 5) is 42.7. The Morgan fingerprint density at radius 3 is 2.47 bits per heavy atom. The number of hydrogen-bond acceptors (Lipinski definition) is 6. The van der Waals surface area contributed by atoms with E-state index in [1.807, 2.05) is 0 Å². The van der Waals surface area contributed by atoms with Crippen LogP contribution in [-0.4, -0.2) is 27.5 Å². The molecule has 3 aromatic rings. The Morgan fingerprint density at radius 1 is 1.19 bits per heavy atom. The minimum absolute atomic E-state index is 0.156. The van der Waals surface area contributed by atoms with Crippen molar-refractivity contribution in [1.82, 2.24) is 9.55 Å². The molecule has 2 heterocycles. The van der Waals surface area contributed by atoms with E-state index in [1.54, 1.807) is 20.8 Å². The lowest BCUT2D eigenvalue weighted by Gasteiger charge is -2.17. The van der Waals surface area contributed by atoms with Crippen LogP contribution < -0.4 is 10.9 Å². The fourth-order valence-electron chi connectivity index (χ4n) is 3.08. The average Bonchev–Trinajstić information content (AvgIpc) is 3.04. The number of aromatic nitrogens is 2. The fourth-order valence-corrected chi connectivity index (χ4v) is 4.10. The highest BCUT2D eigenvalue weighted by Crippen LogP contribution is 2.35. The van der Waals surface area contributed by atoms with Crippen molar-refractivity contribution < 1.29 is 27.5 Å². The van der Waals surface area contributed by atoms with E-state index in [0.29, 0.717) is 10.4 Å². The molecule has 1 unspecified atom stereocenters. The number of anilines is 1. The molecule has 1 atom stereocenters. The summed E-state index contributed by atoms with van der Waals surface area (Å²) < 4.78 is 45.8. The first-order chi connectivity index (χ1) is 14.9. The first kappa shape index (κ1) is 23.5. The molecule has 170 valence electrons. The van der Waals surface area contributed by atoms with Gasteiger partial charge in [0.05, 0.1) is 29.1 Å². The van der Waals surface area contributed by atoms with Crippen molar-refractivity contribution in [2.45, 2.75) is 46.0 Å². The molecule has 7 nitrogen and oxygen atoms in total. The van der Waals surface area contributed by atoms with Crippen molar-refractivity contribution >= 4 is 39.1 Å². The number of esters is 1. The summed E-state index contributed by atoms with van der Waals surface area (Å²) in [5, 5.41) is 2.39. The first-order valence-electron chi connectivity index (χ1n) is 9.60. The third kappa shape index (κ3) is 4.52. The molecule has 0 aliphatic heterocycles. The Morgan fingerprint density at radius 2 is 1.84 bits per heavy atom. The number of nitrogens with one attached hydrogen (secondary N) is 1. The molecular weight excluding hydrogens is 447 g/mol. The van der Waals surface area contributed by atoms with Crippen LogP contribution in [-0.2, 0) is 15.7 Å². The number of thiophene rings is 1. The zero-order chi connectivity index (χ0) is 23.8. The van der Waals surface area contributed by atoms with Gasteiger partial charge in [-0.3, -0.25) is 14.2 Å². The topological polar surface area (TPSA) is 90.3 Å². The highest BCUT2D eigenvalue weighted by atomic mass is 32.1. The molecule has 2 aromatic heterocycles. The largest absolute Gasteiger partial charge is 0.459 e. The van der Waals surface area contributed by atoms with Crippen molar-refractivity contribution in [3.05, 3.63) is 57.0 Å². The summed E-state index contributed by atoms with van der Waals surface area (Å²) in [5.74, 6) is -1.40. The molecule has 0 radical (unpaired) electrons. The van der Waals surface area contributed by atoms with Crippen LogP contribution in [0, 0.1) is 6.92 Å². The van der Waals surface area contributed by atoms with E-state index < -0.39 is 40.9 Å². The van der Waals surface area contributed by atoms with Crippen LogP contribution in [0.4, 0.5) is 18.9 Å². The van der Waals surface area contributed by atoms with Crippen molar-refractivity contribution in [2.75, 3.05) is 5.32 Å². The lowest BCUT2D eigenvalue weighted by Crippen LogP contribution is -2.32. The van der Waals surface area contributed by atoms with Gasteiger partial charge in [-0.1, -0.05) is 12.1 Å². The molecule has 0 aliphatic carbocycles. The van der Waals surface area contributed by atoms with Gasteiger partial charge in [-0.15, -0.1) is 11.3 Å². The monoisotopic (exact) mass is 467 g/mol. The number of halogens is 3. The fraction of sp³-hybridized carbons (Fsp3) is 0.333. The molecule has 11 heteroatoms. The summed E-state index contributed by atoms with van der Waals surface area (Å²) in [7, 11) is 0. The third-order valence-corrected chi connectivity index (χ3v) is 5.87. The van der Waals surface area contributed by atoms with Crippen molar-refractivity contribution in [2.24, 2.45) is 0 Å². The molecule has 1 aromatic carbocycles. The van der Waals surface area contributed by atoms with E-state index in [-0.39, 0.29) is 16.4 Å². The van der Waals surface area contributed by atoms with E-state index in [1.165, 1.54) is 19.1 Å². The first-order valence-corrected chi connectivity index (χ1v) is 10.4. The highest BCUT2D eigenvalue weighted by Gasteiger charge is 2.34. The maximum atomic E-state index is 13.2. The summed E-state index contributed by atoms with van der Waals surface area (Å²) in [6, 6.07) is 3.40. The van der Waals surface area contributed by atoms with E-state index in [9.17, 15) is 27.6 Å². The minimum Gasteiger partial charge on any atom is -0.459 e. The summed E-state index contributed by atoms with van der Waals surface area (Å²) in [6.07, 6.45) is -3.86. The van der Waals surface area contributed by atoms with Crippen LogP contribution in [0.3, 0.4) is 0 Å². The second-order valence-electron chi connectivity index (χ2n) is 7.36. The number of nitrogens with zero attached hydrogens (tertiary/aromatic N) is 2. The molecular formula is C21H20F3N3O4S. The molecule has 0 aliphatic rings. The average molecular weight is 467 g/mol. The molecule has 1 amide bonds. The second-order valence-corrected chi connectivity index (χ2v) is 8.36. The van der Waals surface area contributed by atoms with Crippen LogP contribution >= 0.6 is 11.3 Å². The van der Waals surface area contributed by atoms with E-state index in [4.69, 9.17) is 4.74 Å². The van der Waals surface area contributed by atoms with E-state index in [0.717, 1.165) is 34.4 Å². The van der Waals surface area contributed by atoms with E-state index in [2.05, 4.69) is 10.3 Å². The predicted molar refractivity (Wildman–Crippen MR) is 114 cm³/mol. The lowest BCUT2D eigenvalue weighted by atomic mass is 10.1. The van der Waals surface area contributed by atoms with Crippen molar-refractivity contribution in [3.63, 3.8) is 0 Å². The number of alkyl halides is 3. The normalized spacial score (nSPS) is 12.8. The third-order valence-electron chi connectivity index (χ3n) is 4.69. The Bertz CT molecular complexity index is 1250. The summed E-state index contributed by atoms with van der Waals surface area (Å²) in [6.45, 7) is 6.34. The summed E-state index contributed by atoms with van der Waals surface area (Å²) >= 11 is 1.000. The molecule has 0 spiro atoms. The number of amides is 1. The molecule has 0 saturated carbocycles. The van der Waals surface area contributed by atoms with Gasteiger partial charge in [-0.05, 0) is 45.4 Å². The highest BCUT2D eigenvalue weighted by molar-refractivity contribution is 7.20. The molecule has 0 saturated heterocycles. The Hall–Kier alpha value is -3.21. The van der Waals surface area contributed by atoms with Gasteiger partial charge >= 0.3 is 12.1 Å². The van der Waals surface area contributed by atoms with Crippen molar-refractivity contribution in [3.8, 4) is 0 Å². The molecule has 32 heavy (non-hydrogen) atoms. The predicted octanol–water partition coefficient (Wildman–Crippen LogP) is 4.55. The number of carbonyl (C=O) groups is 2. The zero-order valence-corrected chi connectivity index (χ0v) is 18.4. The van der Waals surface area contributed by atoms with Gasteiger partial charge in [0.2, 0.25) is 5.91 Å². The van der Waals surface area contributed by atoms with Crippen LogP contribution in [0.25, 0.3) is 10.2 Å². The van der Waals surface area contributed by atoms with Gasteiger partial charge in [0.15, 0.2) is 0 Å². The molecule has 3 rings (SSSR count).